The zero-order valence-corrected chi connectivity index (χ0v) is 12.6. The van der Waals surface area contributed by atoms with Crippen molar-refractivity contribution in [3.63, 3.8) is 0 Å². The predicted octanol–water partition coefficient (Wildman–Crippen LogP) is 1.57. The summed E-state index contributed by atoms with van der Waals surface area (Å²) in [6, 6.07) is 8.25. The Morgan fingerprint density at radius 1 is 1.40 bits per heavy atom. The summed E-state index contributed by atoms with van der Waals surface area (Å²) in [7, 11) is 3.34. The summed E-state index contributed by atoms with van der Waals surface area (Å²) in [5.41, 5.74) is 7.04. The molecule has 3 N–H and O–H groups in total. The maximum absolute atomic E-state index is 5.79. The van der Waals surface area contributed by atoms with E-state index in [-0.39, 0.29) is 6.04 Å². The second kappa shape index (κ2) is 9.20. The van der Waals surface area contributed by atoms with Crippen molar-refractivity contribution in [2.45, 2.75) is 25.8 Å². The van der Waals surface area contributed by atoms with Crippen LogP contribution < -0.4 is 15.8 Å². The Hall–Kier alpha value is -1.75. The Bertz CT molecular complexity index is 421. The third-order valence-electron chi connectivity index (χ3n) is 2.85. The van der Waals surface area contributed by atoms with E-state index in [1.54, 1.807) is 14.2 Å². The quantitative estimate of drug-likeness (QED) is 0.430. The van der Waals surface area contributed by atoms with Crippen LogP contribution in [0.4, 0.5) is 0 Å². The fourth-order valence-corrected chi connectivity index (χ4v) is 1.90. The van der Waals surface area contributed by atoms with E-state index in [1.807, 2.05) is 25.1 Å². The predicted molar refractivity (Wildman–Crippen MR) is 82.3 cm³/mol. The van der Waals surface area contributed by atoms with Crippen molar-refractivity contribution in [3.05, 3.63) is 29.8 Å². The summed E-state index contributed by atoms with van der Waals surface area (Å²) in [4.78, 5) is 4.30. The molecular weight excluding hydrogens is 254 g/mol. The van der Waals surface area contributed by atoms with Gasteiger partial charge in [-0.1, -0.05) is 12.1 Å². The number of nitrogens with two attached hydrogens (primary N) is 1. The summed E-state index contributed by atoms with van der Waals surface area (Å²) in [6.07, 6.45) is 1.91. The molecule has 0 saturated heterocycles. The lowest BCUT2D eigenvalue weighted by molar-refractivity contribution is 0.179. The van der Waals surface area contributed by atoms with E-state index in [4.69, 9.17) is 15.2 Å². The van der Waals surface area contributed by atoms with E-state index in [1.165, 1.54) is 5.56 Å². The fourth-order valence-electron chi connectivity index (χ4n) is 1.90. The van der Waals surface area contributed by atoms with Gasteiger partial charge in [-0.25, -0.2) is 0 Å². The molecule has 112 valence electrons. The average Bonchev–Trinajstić information content (AvgIpc) is 2.44. The molecule has 0 aliphatic carbocycles. The fraction of sp³-hybridized carbons (Fsp3) is 0.533. The van der Waals surface area contributed by atoms with E-state index in [2.05, 4.69) is 16.4 Å². The summed E-state index contributed by atoms with van der Waals surface area (Å²) < 4.78 is 10.2. The highest BCUT2D eigenvalue weighted by Gasteiger charge is 2.01. The van der Waals surface area contributed by atoms with Crippen LogP contribution >= 0.6 is 0 Å². The zero-order chi connectivity index (χ0) is 14.8. The Balaban J connectivity index is 2.29. The van der Waals surface area contributed by atoms with Gasteiger partial charge in [0.1, 0.15) is 5.75 Å². The molecule has 1 rings (SSSR count). The molecule has 5 heteroatoms. The topological polar surface area (TPSA) is 68.9 Å². The van der Waals surface area contributed by atoms with Gasteiger partial charge in [0.2, 0.25) is 0 Å². The van der Waals surface area contributed by atoms with E-state index in [0.717, 1.165) is 18.6 Å². The molecule has 20 heavy (non-hydrogen) atoms. The number of aryl methyl sites for hydroxylation is 1. The lowest BCUT2D eigenvalue weighted by atomic mass is 10.1. The lowest BCUT2D eigenvalue weighted by Crippen LogP contribution is -2.40. The zero-order valence-electron chi connectivity index (χ0n) is 12.6. The summed E-state index contributed by atoms with van der Waals surface area (Å²) >= 11 is 0. The van der Waals surface area contributed by atoms with Crippen molar-refractivity contribution in [1.29, 1.82) is 0 Å². The van der Waals surface area contributed by atoms with Crippen molar-refractivity contribution in [3.8, 4) is 5.75 Å². The van der Waals surface area contributed by atoms with E-state index in [9.17, 15) is 0 Å². The second-order valence-electron chi connectivity index (χ2n) is 4.72. The first-order chi connectivity index (χ1) is 9.65. The number of methoxy groups -OCH3 is 2. The molecule has 0 saturated carbocycles. The van der Waals surface area contributed by atoms with Crippen LogP contribution in [-0.4, -0.2) is 39.4 Å². The number of guanidine groups is 1. The van der Waals surface area contributed by atoms with E-state index in [0.29, 0.717) is 19.1 Å². The molecule has 0 aromatic heterocycles. The monoisotopic (exact) mass is 279 g/mol. The van der Waals surface area contributed by atoms with Crippen molar-refractivity contribution in [1.82, 2.24) is 5.32 Å². The molecule has 0 aliphatic heterocycles. The number of rotatable bonds is 8. The van der Waals surface area contributed by atoms with Crippen LogP contribution in [0.1, 0.15) is 18.9 Å². The molecule has 1 atom stereocenters. The Morgan fingerprint density at radius 2 is 2.20 bits per heavy atom. The number of nitrogens with one attached hydrogen (secondary N) is 1. The van der Waals surface area contributed by atoms with Crippen LogP contribution in [-0.2, 0) is 11.2 Å². The highest BCUT2D eigenvalue weighted by molar-refractivity contribution is 5.78. The highest BCUT2D eigenvalue weighted by Crippen LogP contribution is 2.13. The number of ether oxygens (including phenoxy) is 2. The van der Waals surface area contributed by atoms with Crippen LogP contribution in [0, 0.1) is 0 Å². The minimum atomic E-state index is 0.169. The molecule has 1 unspecified atom stereocenters. The molecule has 5 nitrogen and oxygen atoms in total. The van der Waals surface area contributed by atoms with Crippen LogP contribution in [0.25, 0.3) is 0 Å². The van der Waals surface area contributed by atoms with Gasteiger partial charge < -0.3 is 20.5 Å². The van der Waals surface area contributed by atoms with Crippen molar-refractivity contribution in [2.24, 2.45) is 10.7 Å². The molecule has 0 amide bonds. The van der Waals surface area contributed by atoms with Crippen LogP contribution in [0.2, 0.25) is 0 Å². The first kappa shape index (κ1) is 16.3. The normalized spacial score (nSPS) is 13.1. The molecule has 0 fully saturated rings. The summed E-state index contributed by atoms with van der Waals surface area (Å²) in [5, 5.41) is 3.08. The molecule has 0 bridgehead atoms. The van der Waals surface area contributed by atoms with Gasteiger partial charge in [-0.05, 0) is 37.5 Å². The maximum atomic E-state index is 5.79. The minimum absolute atomic E-state index is 0.169. The number of aliphatic imine (C=N–C) groups is 1. The minimum Gasteiger partial charge on any atom is -0.497 e. The summed E-state index contributed by atoms with van der Waals surface area (Å²) in [6.45, 7) is 3.32. The number of nitrogens with zero attached hydrogens (tertiary/aromatic N) is 1. The highest BCUT2D eigenvalue weighted by atomic mass is 16.5. The molecule has 1 aromatic carbocycles. The molecule has 0 heterocycles. The van der Waals surface area contributed by atoms with Gasteiger partial charge in [0.25, 0.3) is 0 Å². The smallest absolute Gasteiger partial charge is 0.188 e. The first-order valence-electron chi connectivity index (χ1n) is 6.84. The number of benzene rings is 1. The second-order valence-corrected chi connectivity index (χ2v) is 4.72. The average molecular weight is 279 g/mol. The Morgan fingerprint density at radius 3 is 2.90 bits per heavy atom. The number of hydrogen-bond donors (Lipinski definition) is 2. The Labute approximate surface area is 121 Å². The van der Waals surface area contributed by atoms with Gasteiger partial charge in [0.15, 0.2) is 5.96 Å². The molecular formula is C15H25N3O2. The van der Waals surface area contributed by atoms with Crippen molar-refractivity contribution in [2.75, 3.05) is 27.4 Å². The van der Waals surface area contributed by atoms with Gasteiger partial charge in [-0.3, -0.25) is 4.99 Å². The Kier molecular flexibility index (Phi) is 7.50. The largest absolute Gasteiger partial charge is 0.497 e. The van der Waals surface area contributed by atoms with E-state index < -0.39 is 0 Å². The SMILES string of the molecule is COCC(C)NC(N)=NCCCc1cccc(OC)c1. The molecule has 0 radical (unpaired) electrons. The van der Waals surface area contributed by atoms with Crippen molar-refractivity contribution >= 4 is 5.96 Å². The molecule has 0 aliphatic rings. The van der Waals surface area contributed by atoms with E-state index >= 15 is 0 Å². The standard InChI is InChI=1S/C15H25N3O2/c1-12(11-19-2)18-15(16)17-9-5-7-13-6-4-8-14(10-13)20-3/h4,6,8,10,12H,5,7,9,11H2,1-3H3,(H3,16,17,18). The van der Waals surface area contributed by atoms with Crippen LogP contribution in [0.5, 0.6) is 5.75 Å². The number of hydrogen-bond acceptors (Lipinski definition) is 3. The van der Waals surface area contributed by atoms with Gasteiger partial charge in [-0.15, -0.1) is 0 Å². The maximum Gasteiger partial charge on any atom is 0.188 e. The van der Waals surface area contributed by atoms with Gasteiger partial charge in [0, 0.05) is 19.7 Å². The molecule has 0 spiro atoms. The molecule has 1 aromatic rings. The lowest BCUT2D eigenvalue weighted by Gasteiger charge is -2.13. The third kappa shape index (κ3) is 6.43. The van der Waals surface area contributed by atoms with Gasteiger partial charge in [0.05, 0.1) is 13.7 Å². The first-order valence-corrected chi connectivity index (χ1v) is 6.84. The van der Waals surface area contributed by atoms with Crippen molar-refractivity contribution < 1.29 is 9.47 Å². The van der Waals surface area contributed by atoms with Gasteiger partial charge >= 0.3 is 0 Å². The third-order valence-corrected chi connectivity index (χ3v) is 2.85. The van der Waals surface area contributed by atoms with Crippen LogP contribution in [0.15, 0.2) is 29.3 Å². The van der Waals surface area contributed by atoms with Crippen LogP contribution in [0.3, 0.4) is 0 Å². The van der Waals surface area contributed by atoms with Gasteiger partial charge in [-0.2, -0.15) is 0 Å². The summed E-state index contributed by atoms with van der Waals surface area (Å²) in [5.74, 6) is 1.36.